The Morgan fingerprint density at radius 2 is 2.00 bits per heavy atom. The average Bonchev–Trinajstić information content (AvgIpc) is 2.59. The molecule has 0 N–H and O–H groups in total. The number of rotatable bonds is 2. The minimum Gasteiger partial charge on any atom is -0.0805 e. The van der Waals surface area contributed by atoms with Crippen LogP contribution in [0.4, 0.5) is 0 Å². The topological polar surface area (TPSA) is 0 Å². The van der Waals surface area contributed by atoms with Crippen LogP contribution in [0.3, 0.4) is 0 Å². The minimum absolute atomic E-state index is 1.02. The highest BCUT2D eigenvalue weighted by molar-refractivity contribution is 5.23. The molecule has 0 atom stereocenters. The van der Waals surface area contributed by atoms with E-state index in [1.807, 2.05) is 0 Å². The molecule has 0 heteroatoms. The Balaban J connectivity index is 1.78. The van der Waals surface area contributed by atoms with Crippen LogP contribution in [0, 0.1) is 5.92 Å². The van der Waals surface area contributed by atoms with E-state index in [1.54, 1.807) is 5.57 Å². The van der Waals surface area contributed by atoms with Crippen LogP contribution in [0.25, 0.3) is 0 Å². The molecule has 0 aromatic heterocycles. The van der Waals surface area contributed by atoms with Gasteiger partial charge in [-0.2, -0.15) is 0 Å². The lowest BCUT2D eigenvalue weighted by Gasteiger charge is -2.21. The maximum Gasteiger partial charge on any atom is -0.0132 e. The first-order chi connectivity index (χ1) is 5.95. The molecule has 1 saturated carbocycles. The highest BCUT2D eigenvalue weighted by atomic mass is 14.2. The molecular formula is C12H18. The lowest BCUT2D eigenvalue weighted by molar-refractivity contribution is 0.355. The Morgan fingerprint density at radius 3 is 2.67 bits per heavy atom. The first kappa shape index (κ1) is 8.10. The minimum atomic E-state index is 1.02. The van der Waals surface area contributed by atoms with Gasteiger partial charge in [-0.25, -0.2) is 0 Å². The molecule has 2 rings (SSSR count). The zero-order valence-corrected chi connectivity index (χ0v) is 7.76. The fourth-order valence-corrected chi connectivity index (χ4v) is 2.41. The van der Waals surface area contributed by atoms with Crippen LogP contribution in [-0.2, 0) is 0 Å². The Bertz CT molecular complexity index is 192. The van der Waals surface area contributed by atoms with Crippen LogP contribution in [-0.4, -0.2) is 0 Å². The predicted octanol–water partition coefficient (Wildman–Crippen LogP) is 3.84. The summed E-state index contributed by atoms with van der Waals surface area (Å²) in [5.41, 5.74) is 1.67. The molecule has 0 amide bonds. The SMILES string of the molecule is C1=CCC(CC2CCCCC2)=C1. The van der Waals surface area contributed by atoms with Crippen molar-refractivity contribution < 1.29 is 0 Å². The summed E-state index contributed by atoms with van der Waals surface area (Å²) in [7, 11) is 0. The maximum absolute atomic E-state index is 2.31. The van der Waals surface area contributed by atoms with E-state index in [0.717, 1.165) is 5.92 Å². The van der Waals surface area contributed by atoms with Gasteiger partial charge in [-0.15, -0.1) is 0 Å². The van der Waals surface area contributed by atoms with Crippen LogP contribution in [0.1, 0.15) is 44.9 Å². The molecule has 0 aromatic rings. The molecule has 0 aromatic carbocycles. The molecule has 0 bridgehead atoms. The van der Waals surface area contributed by atoms with Crippen LogP contribution >= 0.6 is 0 Å². The van der Waals surface area contributed by atoms with Gasteiger partial charge in [0, 0.05) is 0 Å². The van der Waals surface area contributed by atoms with Crippen molar-refractivity contribution in [3.05, 3.63) is 23.8 Å². The molecule has 0 nitrogen and oxygen atoms in total. The van der Waals surface area contributed by atoms with Gasteiger partial charge in [0.05, 0.1) is 0 Å². The monoisotopic (exact) mass is 162 g/mol. The van der Waals surface area contributed by atoms with Gasteiger partial charge in [0.15, 0.2) is 0 Å². The fourth-order valence-electron chi connectivity index (χ4n) is 2.41. The Kier molecular flexibility index (Phi) is 2.65. The maximum atomic E-state index is 2.31. The molecule has 1 fully saturated rings. The van der Waals surface area contributed by atoms with Crippen molar-refractivity contribution in [3.8, 4) is 0 Å². The van der Waals surface area contributed by atoms with E-state index < -0.39 is 0 Å². The highest BCUT2D eigenvalue weighted by Gasteiger charge is 2.14. The number of allylic oxidation sites excluding steroid dienone is 4. The molecular weight excluding hydrogens is 144 g/mol. The van der Waals surface area contributed by atoms with E-state index >= 15 is 0 Å². The second kappa shape index (κ2) is 3.93. The summed E-state index contributed by atoms with van der Waals surface area (Å²) in [6.45, 7) is 0. The van der Waals surface area contributed by atoms with Gasteiger partial charge in [-0.1, -0.05) is 55.9 Å². The molecule has 0 radical (unpaired) electrons. The summed E-state index contributed by atoms with van der Waals surface area (Å²) in [5, 5.41) is 0. The van der Waals surface area contributed by atoms with Crippen molar-refractivity contribution in [1.82, 2.24) is 0 Å². The summed E-state index contributed by atoms with van der Waals surface area (Å²) in [6, 6.07) is 0. The molecule has 0 heterocycles. The average molecular weight is 162 g/mol. The molecule has 2 aliphatic rings. The first-order valence-electron chi connectivity index (χ1n) is 5.30. The number of hydrogen-bond acceptors (Lipinski definition) is 0. The molecule has 0 aliphatic heterocycles. The fraction of sp³-hybridized carbons (Fsp3) is 0.667. The van der Waals surface area contributed by atoms with E-state index in [9.17, 15) is 0 Å². The third-order valence-electron chi connectivity index (χ3n) is 3.12. The van der Waals surface area contributed by atoms with Crippen molar-refractivity contribution in [3.63, 3.8) is 0 Å². The quantitative estimate of drug-likeness (QED) is 0.578. The van der Waals surface area contributed by atoms with Gasteiger partial charge >= 0.3 is 0 Å². The van der Waals surface area contributed by atoms with Crippen LogP contribution < -0.4 is 0 Å². The van der Waals surface area contributed by atoms with Gasteiger partial charge in [0.2, 0.25) is 0 Å². The molecule has 0 spiro atoms. The van der Waals surface area contributed by atoms with Crippen LogP contribution in [0.2, 0.25) is 0 Å². The summed E-state index contributed by atoms with van der Waals surface area (Å²) in [5.74, 6) is 1.02. The molecule has 12 heavy (non-hydrogen) atoms. The third kappa shape index (κ3) is 2.00. The molecule has 0 unspecified atom stereocenters. The lowest BCUT2D eigenvalue weighted by Crippen LogP contribution is -2.06. The van der Waals surface area contributed by atoms with Crippen molar-refractivity contribution in [2.24, 2.45) is 5.92 Å². The van der Waals surface area contributed by atoms with E-state index in [4.69, 9.17) is 0 Å². The highest BCUT2D eigenvalue weighted by Crippen LogP contribution is 2.30. The lowest BCUT2D eigenvalue weighted by atomic mass is 9.84. The molecule has 66 valence electrons. The zero-order valence-electron chi connectivity index (χ0n) is 7.76. The van der Waals surface area contributed by atoms with Gasteiger partial charge in [0.25, 0.3) is 0 Å². The standard InChI is InChI=1S/C12H18/c1-2-6-11(7-3-1)10-12-8-4-5-9-12/h4-5,8,11H,1-3,6-7,9-10H2. The van der Waals surface area contributed by atoms with Crippen molar-refractivity contribution in [2.45, 2.75) is 44.9 Å². The second-order valence-electron chi connectivity index (χ2n) is 4.17. The number of hydrogen-bond donors (Lipinski definition) is 0. The van der Waals surface area contributed by atoms with Gasteiger partial charge in [-0.3, -0.25) is 0 Å². The summed E-state index contributed by atoms with van der Waals surface area (Å²) >= 11 is 0. The van der Waals surface area contributed by atoms with Crippen molar-refractivity contribution in [2.75, 3.05) is 0 Å². The predicted molar refractivity (Wildman–Crippen MR) is 53.0 cm³/mol. The normalized spacial score (nSPS) is 24.5. The van der Waals surface area contributed by atoms with Crippen molar-refractivity contribution in [1.29, 1.82) is 0 Å². The van der Waals surface area contributed by atoms with E-state index in [1.165, 1.54) is 44.9 Å². The summed E-state index contributed by atoms with van der Waals surface area (Å²) < 4.78 is 0. The second-order valence-corrected chi connectivity index (χ2v) is 4.17. The zero-order chi connectivity index (χ0) is 8.23. The van der Waals surface area contributed by atoms with Gasteiger partial charge in [0.1, 0.15) is 0 Å². The van der Waals surface area contributed by atoms with Crippen molar-refractivity contribution >= 4 is 0 Å². The Hall–Kier alpha value is -0.520. The third-order valence-corrected chi connectivity index (χ3v) is 3.12. The Morgan fingerprint density at radius 1 is 1.17 bits per heavy atom. The van der Waals surface area contributed by atoms with Crippen LogP contribution in [0.5, 0.6) is 0 Å². The van der Waals surface area contributed by atoms with E-state index in [-0.39, 0.29) is 0 Å². The first-order valence-corrected chi connectivity index (χ1v) is 5.30. The smallest absolute Gasteiger partial charge is 0.0132 e. The molecule has 0 saturated heterocycles. The largest absolute Gasteiger partial charge is 0.0805 e. The van der Waals surface area contributed by atoms with Gasteiger partial charge in [-0.05, 0) is 18.8 Å². The Labute approximate surface area is 75.4 Å². The summed E-state index contributed by atoms with van der Waals surface area (Å²) in [6.07, 6.45) is 16.8. The molecule has 2 aliphatic carbocycles. The van der Waals surface area contributed by atoms with E-state index in [0.29, 0.717) is 0 Å². The van der Waals surface area contributed by atoms with Crippen LogP contribution in [0.15, 0.2) is 23.8 Å². The van der Waals surface area contributed by atoms with Gasteiger partial charge < -0.3 is 0 Å². The van der Waals surface area contributed by atoms with E-state index in [2.05, 4.69) is 18.2 Å². The summed E-state index contributed by atoms with van der Waals surface area (Å²) in [4.78, 5) is 0.